The number of hydrogen-bond donors (Lipinski definition) is 1. The highest BCUT2D eigenvalue weighted by Gasteiger charge is 2.30. The third kappa shape index (κ3) is 5.62. The van der Waals surface area contributed by atoms with Gasteiger partial charge in [0, 0.05) is 17.7 Å². The molecule has 0 atom stereocenters. The number of carbonyl (C=O) groups excluding carboxylic acids is 1. The van der Waals surface area contributed by atoms with Crippen molar-refractivity contribution < 1.29 is 22.7 Å². The van der Waals surface area contributed by atoms with Crippen LogP contribution in [0.2, 0.25) is 0 Å². The van der Waals surface area contributed by atoms with Gasteiger partial charge in [-0.25, -0.2) is 4.68 Å². The Labute approximate surface area is 178 Å². The van der Waals surface area contributed by atoms with E-state index in [9.17, 15) is 18.0 Å². The predicted molar refractivity (Wildman–Crippen MR) is 111 cm³/mol. The van der Waals surface area contributed by atoms with Gasteiger partial charge in [0.1, 0.15) is 0 Å². The maximum Gasteiger partial charge on any atom is 0.416 e. The molecule has 0 unspecified atom stereocenters. The summed E-state index contributed by atoms with van der Waals surface area (Å²) < 4.78 is 45.2. The van der Waals surface area contributed by atoms with Crippen LogP contribution < -0.4 is 10.1 Å². The van der Waals surface area contributed by atoms with Crippen LogP contribution in [0.5, 0.6) is 6.01 Å². The third-order valence-electron chi connectivity index (χ3n) is 4.33. The largest absolute Gasteiger partial charge is 0.466 e. The number of hydrogen-bond acceptors (Lipinski definition) is 4. The summed E-state index contributed by atoms with van der Waals surface area (Å²) in [5, 5.41) is 7.10. The lowest BCUT2D eigenvalue weighted by atomic mass is 9.92. The number of benzene rings is 2. The molecule has 0 saturated carbocycles. The summed E-state index contributed by atoms with van der Waals surface area (Å²) >= 11 is 0. The zero-order valence-corrected chi connectivity index (χ0v) is 17.6. The lowest BCUT2D eigenvalue weighted by Crippen LogP contribution is -2.19. The number of nitrogens with one attached hydrogen (secondary N) is 1. The first-order chi connectivity index (χ1) is 14.5. The van der Waals surface area contributed by atoms with Gasteiger partial charge in [-0.2, -0.15) is 18.2 Å². The quantitative estimate of drug-likeness (QED) is 0.591. The van der Waals surface area contributed by atoms with E-state index in [2.05, 4.69) is 15.4 Å². The summed E-state index contributed by atoms with van der Waals surface area (Å²) in [6.07, 6.45) is -4.04. The van der Waals surface area contributed by atoms with E-state index in [1.165, 1.54) is 23.9 Å². The number of ether oxygens (including phenoxy) is 1. The van der Waals surface area contributed by atoms with Crippen LogP contribution in [0.1, 0.15) is 32.8 Å². The van der Waals surface area contributed by atoms with Crippen LogP contribution in [-0.2, 0) is 11.0 Å². The van der Waals surface area contributed by atoms with Gasteiger partial charge in [-0.3, -0.25) is 4.79 Å². The smallest absolute Gasteiger partial charge is 0.416 e. The van der Waals surface area contributed by atoms with Crippen molar-refractivity contribution in [2.45, 2.75) is 33.4 Å². The molecule has 1 amide bonds. The van der Waals surface area contributed by atoms with E-state index in [-0.39, 0.29) is 17.3 Å². The molecule has 2 aromatic carbocycles. The molecule has 0 spiro atoms. The Morgan fingerprint density at radius 3 is 2.16 bits per heavy atom. The number of methoxy groups -OCH3 is 1. The monoisotopic (exact) mass is 432 g/mol. The summed E-state index contributed by atoms with van der Waals surface area (Å²) in [5.41, 5.74) is 0.814. The molecule has 3 aromatic rings. The van der Waals surface area contributed by atoms with Crippen molar-refractivity contribution in [1.29, 1.82) is 0 Å². The van der Waals surface area contributed by atoms with Crippen molar-refractivity contribution in [3.05, 3.63) is 54.1 Å². The molecule has 0 aliphatic heterocycles. The molecule has 3 rings (SSSR count). The van der Waals surface area contributed by atoms with Crippen molar-refractivity contribution in [2.24, 2.45) is 5.41 Å². The highest BCUT2D eigenvalue weighted by Crippen LogP contribution is 2.31. The molecule has 0 aliphatic rings. The van der Waals surface area contributed by atoms with E-state index >= 15 is 0 Å². The Balaban J connectivity index is 1.88. The number of halogens is 3. The fraction of sp³-hybridized carbons (Fsp3) is 0.318. The Morgan fingerprint density at radius 2 is 1.65 bits per heavy atom. The molecule has 0 aliphatic carbocycles. The van der Waals surface area contributed by atoms with E-state index < -0.39 is 11.7 Å². The molecule has 6 nitrogen and oxygen atoms in total. The number of carbonyl (C=O) groups is 1. The fourth-order valence-corrected chi connectivity index (χ4v) is 2.93. The average molecular weight is 432 g/mol. The van der Waals surface area contributed by atoms with Crippen molar-refractivity contribution in [2.75, 3.05) is 12.4 Å². The highest BCUT2D eigenvalue weighted by molar-refractivity contribution is 5.91. The van der Waals surface area contributed by atoms with E-state index in [4.69, 9.17) is 4.74 Å². The summed E-state index contributed by atoms with van der Waals surface area (Å²) in [7, 11) is 1.41. The number of alkyl halides is 3. The number of amides is 1. The number of anilines is 1. The Hall–Kier alpha value is -3.36. The summed E-state index contributed by atoms with van der Waals surface area (Å²) in [4.78, 5) is 16.4. The number of rotatable bonds is 5. The van der Waals surface area contributed by atoms with Crippen LogP contribution in [0.25, 0.3) is 17.1 Å². The van der Waals surface area contributed by atoms with Gasteiger partial charge in [-0.1, -0.05) is 32.9 Å². The van der Waals surface area contributed by atoms with Gasteiger partial charge in [-0.05, 0) is 41.8 Å². The maximum atomic E-state index is 12.9. The molecule has 1 heterocycles. The van der Waals surface area contributed by atoms with Gasteiger partial charge < -0.3 is 10.1 Å². The molecule has 164 valence electrons. The first kappa shape index (κ1) is 22.3. The zero-order chi connectivity index (χ0) is 22.8. The van der Waals surface area contributed by atoms with Crippen molar-refractivity contribution >= 4 is 11.6 Å². The van der Waals surface area contributed by atoms with Crippen LogP contribution in [0.4, 0.5) is 18.9 Å². The molecule has 0 fully saturated rings. The second kappa shape index (κ2) is 8.41. The lowest BCUT2D eigenvalue weighted by molar-refractivity contribution is -0.137. The Kier molecular flexibility index (Phi) is 6.06. The van der Waals surface area contributed by atoms with Gasteiger partial charge >= 0.3 is 12.2 Å². The van der Waals surface area contributed by atoms with Gasteiger partial charge in [0.2, 0.25) is 5.91 Å². The van der Waals surface area contributed by atoms with Crippen molar-refractivity contribution in [3.63, 3.8) is 0 Å². The summed E-state index contributed by atoms with van der Waals surface area (Å²) in [6, 6.07) is 11.7. The first-order valence-electron chi connectivity index (χ1n) is 9.55. The molecule has 0 saturated heterocycles. The maximum absolute atomic E-state index is 12.9. The van der Waals surface area contributed by atoms with E-state index in [0.717, 1.165) is 12.1 Å². The van der Waals surface area contributed by atoms with Gasteiger partial charge in [0.15, 0.2) is 5.82 Å². The highest BCUT2D eigenvalue weighted by atomic mass is 19.4. The predicted octanol–water partition coefficient (Wildman–Crippen LogP) is 5.34. The molecule has 9 heteroatoms. The van der Waals surface area contributed by atoms with Gasteiger partial charge in [0.05, 0.1) is 18.4 Å². The second-order valence-electron chi connectivity index (χ2n) is 8.24. The molecule has 0 radical (unpaired) electrons. The van der Waals surface area contributed by atoms with E-state index in [1.54, 1.807) is 24.3 Å². The normalized spacial score (nSPS) is 12.0. The average Bonchev–Trinajstić information content (AvgIpc) is 3.11. The minimum absolute atomic E-state index is 0.0810. The molecular weight excluding hydrogens is 409 g/mol. The zero-order valence-electron chi connectivity index (χ0n) is 17.6. The van der Waals surface area contributed by atoms with Crippen LogP contribution in [0, 0.1) is 5.41 Å². The van der Waals surface area contributed by atoms with Crippen LogP contribution in [0.3, 0.4) is 0 Å². The minimum Gasteiger partial charge on any atom is -0.466 e. The second-order valence-corrected chi connectivity index (χ2v) is 8.24. The summed E-state index contributed by atoms with van der Waals surface area (Å²) in [6.45, 7) is 5.95. The fourth-order valence-electron chi connectivity index (χ4n) is 2.93. The number of aromatic nitrogens is 3. The summed E-state index contributed by atoms with van der Waals surface area (Å²) in [5.74, 6) is 0.239. The van der Waals surface area contributed by atoms with Crippen molar-refractivity contribution in [1.82, 2.24) is 14.8 Å². The van der Waals surface area contributed by atoms with Crippen molar-refractivity contribution in [3.8, 4) is 23.1 Å². The van der Waals surface area contributed by atoms with Crippen LogP contribution in [0.15, 0.2) is 48.5 Å². The van der Waals surface area contributed by atoms with E-state index in [0.29, 0.717) is 29.2 Å². The SMILES string of the molecule is COc1nc(-c2ccc(C(F)(F)F)cc2)n(-c2ccc(NC(=O)CC(C)(C)C)cc2)n1. The topological polar surface area (TPSA) is 69.0 Å². The third-order valence-corrected chi connectivity index (χ3v) is 4.33. The van der Waals surface area contributed by atoms with Gasteiger partial charge in [0.25, 0.3) is 0 Å². The Bertz CT molecular complexity index is 1050. The first-order valence-corrected chi connectivity index (χ1v) is 9.55. The lowest BCUT2D eigenvalue weighted by Gasteiger charge is -2.17. The minimum atomic E-state index is -4.42. The number of nitrogens with zero attached hydrogens (tertiary/aromatic N) is 3. The molecule has 31 heavy (non-hydrogen) atoms. The molecular formula is C22H23F3N4O2. The Morgan fingerprint density at radius 1 is 1.03 bits per heavy atom. The molecule has 0 bridgehead atoms. The standard InChI is InChI=1S/C22H23F3N4O2/c1-21(2,3)13-18(30)26-16-9-11-17(12-10-16)29-19(27-20(28-29)31-4)14-5-7-15(8-6-14)22(23,24)25/h5-12H,13H2,1-4H3,(H,26,30). The van der Waals surface area contributed by atoms with Crippen LogP contribution in [-0.4, -0.2) is 27.8 Å². The molecule has 1 N–H and O–H groups in total. The van der Waals surface area contributed by atoms with Gasteiger partial charge in [-0.15, -0.1) is 5.10 Å². The van der Waals surface area contributed by atoms with E-state index in [1.807, 2.05) is 20.8 Å². The van der Waals surface area contributed by atoms with Crippen LogP contribution >= 0.6 is 0 Å². The molecule has 1 aromatic heterocycles.